The van der Waals surface area contributed by atoms with Crippen LogP contribution < -0.4 is 0 Å². The Hall–Kier alpha value is -2.05. The van der Waals surface area contributed by atoms with Gasteiger partial charge >= 0.3 is 0 Å². The molecule has 22 heavy (non-hydrogen) atoms. The molecule has 8 heteroatoms. The summed E-state index contributed by atoms with van der Waals surface area (Å²) in [4.78, 5) is 20.0. The van der Waals surface area contributed by atoms with Gasteiger partial charge in [0.15, 0.2) is 5.60 Å². The van der Waals surface area contributed by atoms with Gasteiger partial charge in [0.2, 0.25) is 0 Å². The molecule has 0 bridgehead atoms. The summed E-state index contributed by atoms with van der Waals surface area (Å²) in [5, 5.41) is 10.9. The minimum Gasteiger partial charge on any atom is -0.335 e. The maximum Gasteiger partial charge on any atom is 0.295 e. The van der Waals surface area contributed by atoms with Crippen LogP contribution in [-0.2, 0) is 17.0 Å². The van der Waals surface area contributed by atoms with E-state index in [-0.39, 0.29) is 18.0 Å². The van der Waals surface area contributed by atoms with Gasteiger partial charge in [0, 0.05) is 34.4 Å². The van der Waals surface area contributed by atoms with E-state index in [2.05, 4.69) is 11.6 Å². The van der Waals surface area contributed by atoms with E-state index in [0.717, 1.165) is 0 Å². The molecule has 1 unspecified atom stereocenters. The van der Waals surface area contributed by atoms with Gasteiger partial charge in [0.05, 0.1) is 12.9 Å². The summed E-state index contributed by atoms with van der Waals surface area (Å²) in [5.41, 5.74) is -0.850. The summed E-state index contributed by atoms with van der Waals surface area (Å²) < 4.78 is 1.68. The lowest BCUT2D eigenvalue weighted by atomic mass is 9.90. The molecule has 0 aliphatic heterocycles. The molecule has 0 aliphatic carbocycles. The number of hydrogen-bond acceptors (Lipinski definition) is 4. The van der Waals surface area contributed by atoms with E-state index >= 15 is 0 Å². The molecule has 1 heterocycles. The molecule has 116 valence electrons. The summed E-state index contributed by atoms with van der Waals surface area (Å²) in [6.45, 7) is 3.81. The average molecular weight is 342 g/mol. The second-order valence-electron chi connectivity index (χ2n) is 4.66. The molecule has 0 saturated heterocycles. The van der Waals surface area contributed by atoms with Crippen LogP contribution in [0.2, 0.25) is 10.0 Å². The number of nitrogens with zero attached hydrogens (tertiary/aromatic N) is 3. The second-order valence-corrected chi connectivity index (χ2v) is 5.50. The predicted octanol–water partition coefficient (Wildman–Crippen LogP) is 3.87. The van der Waals surface area contributed by atoms with E-state index in [4.69, 9.17) is 28.0 Å². The lowest BCUT2D eigenvalue weighted by Crippen LogP contribution is -2.36. The minimum atomic E-state index is -1.31. The number of hydrogen-bond donors (Lipinski definition) is 0. The summed E-state index contributed by atoms with van der Waals surface area (Å²) in [7, 11) is 0. The minimum absolute atomic E-state index is 0.154. The maximum atomic E-state index is 11.0. The second kappa shape index (κ2) is 6.81. The average Bonchev–Trinajstić information content (AvgIpc) is 2.90. The van der Waals surface area contributed by atoms with E-state index in [1.165, 1.54) is 6.07 Å². The topological polar surface area (TPSA) is 70.2 Å². The van der Waals surface area contributed by atoms with Crippen LogP contribution >= 0.6 is 23.2 Å². The van der Waals surface area contributed by atoms with Gasteiger partial charge in [0.25, 0.3) is 5.09 Å². The van der Waals surface area contributed by atoms with Gasteiger partial charge in [-0.15, -0.1) is 16.7 Å². The molecule has 1 aromatic carbocycles. The molecule has 1 atom stereocenters. The van der Waals surface area contributed by atoms with Gasteiger partial charge in [-0.05, 0) is 12.1 Å². The Morgan fingerprint density at radius 2 is 2.27 bits per heavy atom. The molecule has 6 nitrogen and oxygen atoms in total. The summed E-state index contributed by atoms with van der Waals surface area (Å²) in [5.74, 6) is 0. The molecule has 0 radical (unpaired) electrons. The van der Waals surface area contributed by atoms with Crippen LogP contribution in [0.25, 0.3) is 0 Å². The Labute approximate surface area is 137 Å². The predicted molar refractivity (Wildman–Crippen MR) is 83.3 cm³/mol. The number of aromatic nitrogens is 2. The van der Waals surface area contributed by atoms with Crippen LogP contribution in [-0.4, -0.2) is 14.6 Å². The molecule has 0 saturated carbocycles. The van der Waals surface area contributed by atoms with Crippen LogP contribution in [0.5, 0.6) is 0 Å². The summed E-state index contributed by atoms with van der Waals surface area (Å²) >= 11 is 12.1. The highest BCUT2D eigenvalue weighted by atomic mass is 35.5. The van der Waals surface area contributed by atoms with Crippen molar-refractivity contribution < 1.29 is 9.92 Å². The normalized spacial score (nSPS) is 13.4. The highest BCUT2D eigenvalue weighted by Crippen LogP contribution is 2.38. The van der Waals surface area contributed by atoms with Crippen molar-refractivity contribution in [2.75, 3.05) is 0 Å². The Bertz CT molecular complexity index is 676. The van der Waals surface area contributed by atoms with Gasteiger partial charge in [0.1, 0.15) is 0 Å². The zero-order valence-corrected chi connectivity index (χ0v) is 13.0. The summed E-state index contributed by atoms with van der Waals surface area (Å²) in [6.07, 6.45) is 6.54. The maximum absolute atomic E-state index is 11.0. The third-order valence-electron chi connectivity index (χ3n) is 3.14. The van der Waals surface area contributed by atoms with E-state index in [9.17, 15) is 10.1 Å². The zero-order chi connectivity index (χ0) is 16.2. The fourth-order valence-corrected chi connectivity index (χ4v) is 2.87. The van der Waals surface area contributed by atoms with Crippen LogP contribution in [0.3, 0.4) is 0 Å². The molecule has 0 fully saturated rings. The molecule has 0 N–H and O–H groups in total. The first-order valence-electron chi connectivity index (χ1n) is 6.32. The van der Waals surface area contributed by atoms with Crippen LogP contribution in [0.15, 0.2) is 49.6 Å². The zero-order valence-electron chi connectivity index (χ0n) is 11.5. The van der Waals surface area contributed by atoms with Crippen molar-refractivity contribution in [3.63, 3.8) is 0 Å². The Balaban J connectivity index is 2.54. The van der Waals surface area contributed by atoms with Crippen LogP contribution in [0, 0.1) is 10.1 Å². The smallest absolute Gasteiger partial charge is 0.295 e. The largest absolute Gasteiger partial charge is 0.335 e. The van der Waals surface area contributed by atoms with Gasteiger partial charge in [-0.25, -0.2) is 4.98 Å². The fraction of sp³-hybridized carbons (Fsp3) is 0.214. The van der Waals surface area contributed by atoms with E-state index < -0.39 is 10.7 Å². The van der Waals surface area contributed by atoms with E-state index in [1.807, 2.05) is 0 Å². The molecule has 2 rings (SSSR count). The van der Waals surface area contributed by atoms with Gasteiger partial charge in [-0.3, -0.25) is 0 Å². The van der Waals surface area contributed by atoms with Crippen molar-refractivity contribution in [1.29, 1.82) is 0 Å². The molecule has 0 amide bonds. The Kier molecular flexibility index (Phi) is 5.05. The highest BCUT2D eigenvalue weighted by molar-refractivity contribution is 6.35. The monoisotopic (exact) mass is 341 g/mol. The van der Waals surface area contributed by atoms with Crippen molar-refractivity contribution in [3.05, 3.63) is 75.3 Å². The lowest BCUT2D eigenvalue weighted by Gasteiger charge is -2.32. The number of halogens is 2. The van der Waals surface area contributed by atoms with E-state index in [1.54, 1.807) is 41.5 Å². The highest BCUT2D eigenvalue weighted by Gasteiger charge is 2.38. The molecule has 1 aromatic heterocycles. The SMILES string of the molecule is C=CCC(Cn1ccnc1)(O[N+](=O)[O-])c1ccc(Cl)cc1Cl. The van der Waals surface area contributed by atoms with Crippen LogP contribution in [0.1, 0.15) is 12.0 Å². The van der Waals surface area contributed by atoms with Crippen molar-refractivity contribution in [2.45, 2.75) is 18.6 Å². The molecule has 0 aliphatic rings. The standard InChI is InChI=1S/C14H13Cl2N3O3/c1-2-5-14(22-19(20)21,9-18-7-6-17-10-18)12-4-3-11(15)8-13(12)16/h2-4,6-8,10H,1,5,9H2. The third kappa shape index (κ3) is 3.58. The summed E-state index contributed by atoms with van der Waals surface area (Å²) in [6, 6.07) is 4.75. The Morgan fingerprint density at radius 1 is 1.50 bits per heavy atom. The van der Waals surface area contributed by atoms with Gasteiger partial charge in [-0.1, -0.05) is 35.3 Å². The molecular weight excluding hydrogens is 329 g/mol. The number of rotatable bonds is 7. The molecule has 2 aromatic rings. The quantitative estimate of drug-likeness (QED) is 0.435. The Morgan fingerprint density at radius 3 is 2.82 bits per heavy atom. The van der Waals surface area contributed by atoms with Crippen molar-refractivity contribution in [3.8, 4) is 0 Å². The first kappa shape index (κ1) is 16.3. The first-order chi connectivity index (χ1) is 10.5. The molecule has 0 spiro atoms. The van der Waals surface area contributed by atoms with E-state index in [0.29, 0.717) is 10.6 Å². The van der Waals surface area contributed by atoms with Crippen molar-refractivity contribution >= 4 is 23.2 Å². The van der Waals surface area contributed by atoms with Crippen molar-refractivity contribution in [1.82, 2.24) is 9.55 Å². The first-order valence-corrected chi connectivity index (χ1v) is 7.08. The van der Waals surface area contributed by atoms with Gasteiger partial charge < -0.3 is 9.40 Å². The number of benzene rings is 1. The fourth-order valence-electron chi connectivity index (χ4n) is 2.28. The van der Waals surface area contributed by atoms with Crippen LogP contribution in [0.4, 0.5) is 0 Å². The lowest BCUT2D eigenvalue weighted by molar-refractivity contribution is -0.785. The van der Waals surface area contributed by atoms with Gasteiger partial charge in [-0.2, -0.15) is 0 Å². The van der Waals surface area contributed by atoms with Crippen molar-refractivity contribution in [2.24, 2.45) is 0 Å². The number of imidazole rings is 1. The molecular formula is C14H13Cl2N3O3. The third-order valence-corrected chi connectivity index (χ3v) is 3.69.